The molecule has 0 spiro atoms. The third-order valence-corrected chi connectivity index (χ3v) is 1.27. The molecule has 0 radical (unpaired) electrons. The van der Waals surface area contributed by atoms with Gasteiger partial charge in [-0.2, -0.15) is 0 Å². The zero-order chi connectivity index (χ0) is 5.98. The van der Waals surface area contributed by atoms with Crippen molar-refractivity contribution in [2.75, 3.05) is 0 Å². The van der Waals surface area contributed by atoms with E-state index >= 15 is 0 Å². The number of hydrogen-bond donors (Lipinski definition) is 0. The minimum Gasteiger partial charge on any atom is -0.237 e. The summed E-state index contributed by atoms with van der Waals surface area (Å²) in [7, 11) is 2.47. The Morgan fingerprint density at radius 1 is 1.50 bits per heavy atom. The van der Waals surface area contributed by atoms with Crippen LogP contribution in [-0.2, 0) is 0 Å². The fraction of sp³-hybridized carbons (Fsp3) is 0. The van der Waals surface area contributed by atoms with Crippen LogP contribution < -0.4 is 5.44 Å². The highest BCUT2D eigenvalue weighted by Crippen LogP contribution is 1.99. The van der Waals surface area contributed by atoms with Gasteiger partial charge in [0.2, 0.25) is 0 Å². The molecule has 1 aromatic rings. The smallest absolute Gasteiger partial charge is 0.129 e. The van der Waals surface area contributed by atoms with Gasteiger partial charge in [0.15, 0.2) is 0 Å². The number of nitrogens with zero attached hydrogens (tertiary/aromatic N) is 1. The Hall–Kier alpha value is -0.130. The highest BCUT2D eigenvalue weighted by atomic mass is 35.5. The van der Waals surface area contributed by atoms with Gasteiger partial charge >= 0.3 is 0 Å². The summed E-state index contributed by atoms with van der Waals surface area (Å²) in [4.78, 5) is 3.90. The third kappa shape index (κ3) is 1.43. The first-order chi connectivity index (χ1) is 3.79. The summed E-state index contributed by atoms with van der Waals surface area (Å²) in [5.41, 5.74) is 0.873. The molecule has 1 aromatic heterocycles. The molecule has 1 unspecified atom stereocenters. The highest BCUT2D eigenvalue weighted by molar-refractivity contribution is 7.26. The van der Waals surface area contributed by atoms with Crippen molar-refractivity contribution in [1.82, 2.24) is 4.98 Å². The predicted molar refractivity (Wildman–Crippen MR) is 38.6 cm³/mol. The summed E-state index contributed by atoms with van der Waals surface area (Å²) in [6.45, 7) is 0. The molecular formula is C5H5ClNP. The fourth-order valence-electron chi connectivity index (χ4n) is 0.424. The molecule has 0 amide bonds. The summed E-state index contributed by atoms with van der Waals surface area (Å²) >= 11 is 5.52. The summed E-state index contributed by atoms with van der Waals surface area (Å²) < 4.78 is 0. The zero-order valence-corrected chi connectivity index (χ0v) is 6.05. The quantitative estimate of drug-likeness (QED) is 0.395. The van der Waals surface area contributed by atoms with Crippen LogP contribution in [0.4, 0.5) is 0 Å². The summed E-state index contributed by atoms with van der Waals surface area (Å²) in [6, 6.07) is 5.48. The minimum atomic E-state index is 0.539. The second-order valence-electron chi connectivity index (χ2n) is 1.39. The van der Waals surface area contributed by atoms with E-state index in [1.165, 1.54) is 0 Å². The molecule has 8 heavy (non-hydrogen) atoms. The van der Waals surface area contributed by atoms with Crippen molar-refractivity contribution in [3.05, 3.63) is 23.4 Å². The van der Waals surface area contributed by atoms with Gasteiger partial charge < -0.3 is 0 Å². The lowest BCUT2D eigenvalue weighted by atomic mass is 10.5. The monoisotopic (exact) mass is 145 g/mol. The third-order valence-electron chi connectivity index (χ3n) is 0.737. The molecule has 1 atom stereocenters. The number of halogens is 1. The molecule has 1 nitrogen and oxygen atoms in total. The predicted octanol–water partition coefficient (Wildman–Crippen LogP) is 1.24. The Bertz CT molecular complexity index is 172. The van der Waals surface area contributed by atoms with Gasteiger partial charge in [0, 0.05) is 0 Å². The first kappa shape index (κ1) is 6.00. The zero-order valence-electron chi connectivity index (χ0n) is 4.13. The van der Waals surface area contributed by atoms with Crippen LogP contribution in [0.3, 0.4) is 0 Å². The Morgan fingerprint density at radius 2 is 2.25 bits per heavy atom. The standard InChI is InChI=1S/C5H5ClNP/c6-4-2-1-3-5(8)7-4/h1-3H,8H2. The average molecular weight is 146 g/mol. The van der Waals surface area contributed by atoms with Crippen LogP contribution in [0.5, 0.6) is 0 Å². The Labute approximate surface area is 55.3 Å². The van der Waals surface area contributed by atoms with Gasteiger partial charge in [-0.05, 0) is 12.1 Å². The lowest BCUT2D eigenvalue weighted by Crippen LogP contribution is -1.94. The van der Waals surface area contributed by atoms with Crippen LogP contribution in [-0.4, -0.2) is 4.98 Å². The lowest BCUT2D eigenvalue weighted by Gasteiger charge is -1.87. The van der Waals surface area contributed by atoms with Crippen molar-refractivity contribution in [2.45, 2.75) is 0 Å². The molecule has 0 saturated carbocycles. The molecule has 0 aromatic carbocycles. The second-order valence-corrected chi connectivity index (χ2v) is 2.36. The van der Waals surface area contributed by atoms with Crippen molar-refractivity contribution in [1.29, 1.82) is 0 Å². The van der Waals surface area contributed by atoms with E-state index < -0.39 is 0 Å². The van der Waals surface area contributed by atoms with E-state index in [4.69, 9.17) is 11.6 Å². The largest absolute Gasteiger partial charge is 0.237 e. The van der Waals surface area contributed by atoms with Crippen molar-refractivity contribution in [3.63, 3.8) is 0 Å². The molecule has 1 heterocycles. The van der Waals surface area contributed by atoms with E-state index in [2.05, 4.69) is 14.2 Å². The van der Waals surface area contributed by atoms with Gasteiger partial charge in [-0.1, -0.05) is 26.9 Å². The number of hydrogen-bond acceptors (Lipinski definition) is 1. The molecule has 0 saturated heterocycles. The average Bonchev–Trinajstić information content (AvgIpc) is 1.64. The molecule has 0 aliphatic rings. The summed E-state index contributed by atoms with van der Waals surface area (Å²) in [5.74, 6) is 0. The van der Waals surface area contributed by atoms with Crippen LogP contribution in [0.15, 0.2) is 18.2 Å². The molecule has 42 valence electrons. The van der Waals surface area contributed by atoms with Crippen molar-refractivity contribution < 1.29 is 0 Å². The Morgan fingerprint density at radius 3 is 2.62 bits per heavy atom. The first-order valence-electron chi connectivity index (χ1n) is 2.17. The molecule has 0 aliphatic heterocycles. The first-order valence-corrected chi connectivity index (χ1v) is 3.12. The maximum atomic E-state index is 5.52. The van der Waals surface area contributed by atoms with Crippen LogP contribution in [0, 0.1) is 0 Å². The van der Waals surface area contributed by atoms with Crippen molar-refractivity contribution in [2.24, 2.45) is 0 Å². The second kappa shape index (κ2) is 2.43. The van der Waals surface area contributed by atoms with E-state index in [1.54, 1.807) is 6.07 Å². The number of pyridine rings is 1. The Kier molecular flexibility index (Phi) is 1.82. The normalized spacial score (nSPS) is 9.25. The molecule has 0 N–H and O–H groups in total. The van der Waals surface area contributed by atoms with Gasteiger partial charge in [-0.15, -0.1) is 0 Å². The van der Waals surface area contributed by atoms with Gasteiger partial charge in [-0.3, -0.25) is 0 Å². The van der Waals surface area contributed by atoms with Crippen LogP contribution >= 0.6 is 20.8 Å². The van der Waals surface area contributed by atoms with Crippen molar-refractivity contribution in [3.8, 4) is 0 Å². The molecule has 0 aliphatic carbocycles. The van der Waals surface area contributed by atoms with E-state index in [1.807, 2.05) is 12.1 Å². The number of aromatic nitrogens is 1. The topological polar surface area (TPSA) is 12.9 Å². The van der Waals surface area contributed by atoms with Gasteiger partial charge in [0.25, 0.3) is 0 Å². The van der Waals surface area contributed by atoms with Gasteiger partial charge in [0.05, 0.1) is 5.44 Å². The highest BCUT2D eigenvalue weighted by Gasteiger charge is 1.84. The molecule has 3 heteroatoms. The maximum Gasteiger partial charge on any atom is 0.129 e. The van der Waals surface area contributed by atoms with E-state index in [0.717, 1.165) is 5.44 Å². The van der Waals surface area contributed by atoms with Crippen LogP contribution in [0.25, 0.3) is 0 Å². The van der Waals surface area contributed by atoms with E-state index in [0.29, 0.717) is 5.15 Å². The number of rotatable bonds is 0. The van der Waals surface area contributed by atoms with Crippen molar-refractivity contribution >= 4 is 26.3 Å². The minimum absolute atomic E-state index is 0.539. The summed E-state index contributed by atoms with van der Waals surface area (Å²) in [5, 5.41) is 0.539. The molecule has 0 bridgehead atoms. The van der Waals surface area contributed by atoms with Gasteiger partial charge in [0.1, 0.15) is 5.15 Å². The SMILES string of the molecule is Pc1cccc(Cl)n1. The van der Waals surface area contributed by atoms with Gasteiger partial charge in [-0.25, -0.2) is 4.98 Å². The lowest BCUT2D eigenvalue weighted by molar-refractivity contribution is 1.39. The van der Waals surface area contributed by atoms with Crippen LogP contribution in [0.2, 0.25) is 5.15 Å². The van der Waals surface area contributed by atoms with Crippen LogP contribution in [0.1, 0.15) is 0 Å². The fourth-order valence-corrected chi connectivity index (χ4v) is 0.926. The molecule has 0 fully saturated rings. The summed E-state index contributed by atoms with van der Waals surface area (Å²) in [6.07, 6.45) is 0. The molecule has 1 rings (SSSR count). The molecular weight excluding hydrogens is 140 g/mol. The Balaban J connectivity index is 3.08. The van der Waals surface area contributed by atoms with E-state index in [-0.39, 0.29) is 0 Å². The van der Waals surface area contributed by atoms with E-state index in [9.17, 15) is 0 Å². The maximum absolute atomic E-state index is 5.52.